The van der Waals surface area contributed by atoms with Gasteiger partial charge in [-0.2, -0.15) is 0 Å². The second-order valence-corrected chi connectivity index (χ2v) is 15.1. The molecule has 2 saturated heterocycles. The molecule has 0 bridgehead atoms. The first-order chi connectivity index (χ1) is 27.5. The maximum atomic E-state index is 13.8. The number of carboxylic acid groups (broad SMARTS) is 3. The Bertz CT molecular complexity index is 1610. The maximum Gasteiger partial charge on any atom is 0.326 e. The van der Waals surface area contributed by atoms with Crippen LogP contribution in [0.25, 0.3) is 0 Å². The summed E-state index contributed by atoms with van der Waals surface area (Å²) in [6, 6.07) is 13.6. The molecule has 3 amide bonds. The minimum Gasteiger partial charge on any atom is -0.480 e. The predicted octanol–water partition coefficient (Wildman–Crippen LogP) is 2.56. The molecule has 8 N–H and O–H groups in total. The van der Waals surface area contributed by atoms with E-state index in [0.29, 0.717) is 90.1 Å². The van der Waals surface area contributed by atoms with Crippen LogP contribution < -0.4 is 21.7 Å². The summed E-state index contributed by atoms with van der Waals surface area (Å²) >= 11 is 0. The van der Waals surface area contributed by atoms with Crippen LogP contribution >= 0.6 is 0 Å². The molecule has 2 aliphatic rings. The second-order valence-electron chi connectivity index (χ2n) is 15.1. The number of aliphatic carboxylic acids is 3. The van der Waals surface area contributed by atoms with Crippen LogP contribution in [0.3, 0.4) is 0 Å². The molecule has 0 radical (unpaired) electrons. The lowest BCUT2D eigenvalue weighted by atomic mass is 10.0. The number of nitrogens with zero attached hydrogens (tertiary/aromatic N) is 2. The first-order valence-corrected chi connectivity index (χ1v) is 20.4. The van der Waals surface area contributed by atoms with E-state index in [-0.39, 0.29) is 37.7 Å². The van der Waals surface area contributed by atoms with Crippen molar-refractivity contribution in [1.29, 1.82) is 0 Å². The van der Waals surface area contributed by atoms with Crippen LogP contribution in [0.5, 0.6) is 0 Å². The Kier molecular flexibility index (Phi) is 18.4. The molecule has 2 aromatic carbocycles. The van der Waals surface area contributed by atoms with Crippen LogP contribution in [0.2, 0.25) is 0 Å². The van der Waals surface area contributed by atoms with Gasteiger partial charge in [0.15, 0.2) is 0 Å². The third kappa shape index (κ3) is 13.9. The van der Waals surface area contributed by atoms with E-state index in [0.717, 1.165) is 11.1 Å². The molecule has 2 aliphatic heterocycles. The van der Waals surface area contributed by atoms with Crippen LogP contribution in [0.4, 0.5) is 0 Å². The van der Waals surface area contributed by atoms with E-state index < -0.39 is 60.1 Å². The third-order valence-corrected chi connectivity index (χ3v) is 11.0. The summed E-state index contributed by atoms with van der Waals surface area (Å²) in [5.74, 6) is -4.37. The van der Waals surface area contributed by atoms with Gasteiger partial charge in [0.2, 0.25) is 17.7 Å². The summed E-state index contributed by atoms with van der Waals surface area (Å²) in [5.41, 5.74) is 7.71. The summed E-state index contributed by atoms with van der Waals surface area (Å²) < 4.78 is 0. The van der Waals surface area contributed by atoms with Crippen molar-refractivity contribution < 1.29 is 44.1 Å². The standard InChI is InChI=1S/C42H60N6O9/c43-25-9-7-17-32(38(50)47-27-11-19-35(47)41(54)55)45-31(23-21-29-13-3-1-4-14-29)37(49)44-26-10-8-18-33(39(51)48-28-12-20-36(48)42(56)57)46-34(40(52)53)24-22-30-15-5-2-6-16-30/h1-6,13-16,31-36,45-46H,7-12,17-28,43H2,(H,44,49)(H,52,53)(H,54,55)(H,56,57)/t31-,32+,33-,34+,35-,36-/m1/s1. The molecule has 2 aromatic rings. The van der Waals surface area contributed by atoms with Crippen molar-refractivity contribution in [3.8, 4) is 0 Å². The van der Waals surface area contributed by atoms with Crippen molar-refractivity contribution in [1.82, 2.24) is 25.8 Å². The summed E-state index contributed by atoms with van der Waals surface area (Å²) in [6.45, 7) is 1.28. The number of likely N-dealkylation sites (tertiary alicyclic amines) is 2. The summed E-state index contributed by atoms with van der Waals surface area (Å²) in [6.07, 6.45) is 6.21. The number of hydrogen-bond donors (Lipinski definition) is 7. The molecule has 6 atom stereocenters. The van der Waals surface area contributed by atoms with Crippen molar-refractivity contribution in [3.63, 3.8) is 0 Å². The molecule has 4 rings (SSSR count). The number of nitrogens with one attached hydrogen (secondary N) is 3. The largest absolute Gasteiger partial charge is 0.480 e. The molecule has 2 fully saturated rings. The molecule has 0 unspecified atom stereocenters. The van der Waals surface area contributed by atoms with Crippen molar-refractivity contribution in [2.24, 2.45) is 5.73 Å². The average Bonchev–Trinajstić information content (AvgIpc) is 3.91. The molecule has 0 spiro atoms. The molecule has 57 heavy (non-hydrogen) atoms. The van der Waals surface area contributed by atoms with Crippen LogP contribution in [-0.2, 0) is 41.6 Å². The fraction of sp³-hybridized carbons (Fsp3) is 0.571. The monoisotopic (exact) mass is 792 g/mol. The smallest absolute Gasteiger partial charge is 0.326 e. The highest BCUT2D eigenvalue weighted by atomic mass is 16.4. The fourth-order valence-electron chi connectivity index (χ4n) is 7.80. The Labute approximate surface area is 334 Å². The molecule has 0 aliphatic carbocycles. The first-order valence-electron chi connectivity index (χ1n) is 20.4. The topological polar surface area (TPSA) is 232 Å². The lowest BCUT2D eigenvalue weighted by molar-refractivity contribution is -0.149. The van der Waals surface area contributed by atoms with E-state index in [1.54, 1.807) is 0 Å². The number of aryl methyl sites for hydroxylation is 2. The van der Waals surface area contributed by atoms with E-state index >= 15 is 0 Å². The van der Waals surface area contributed by atoms with Crippen LogP contribution in [0.1, 0.15) is 88.2 Å². The molecule has 2 heterocycles. The minimum atomic E-state index is -1.11. The van der Waals surface area contributed by atoms with Gasteiger partial charge in [-0.1, -0.05) is 67.1 Å². The maximum absolute atomic E-state index is 13.8. The van der Waals surface area contributed by atoms with E-state index in [1.807, 2.05) is 60.7 Å². The van der Waals surface area contributed by atoms with Gasteiger partial charge in [-0.05, 0) is 101 Å². The van der Waals surface area contributed by atoms with Gasteiger partial charge in [0, 0.05) is 19.6 Å². The van der Waals surface area contributed by atoms with Crippen molar-refractivity contribution >= 4 is 35.6 Å². The highest BCUT2D eigenvalue weighted by Crippen LogP contribution is 2.22. The predicted molar refractivity (Wildman–Crippen MR) is 213 cm³/mol. The Morgan fingerprint density at radius 3 is 1.53 bits per heavy atom. The molecule has 15 nitrogen and oxygen atoms in total. The van der Waals surface area contributed by atoms with Gasteiger partial charge in [0.25, 0.3) is 0 Å². The quantitative estimate of drug-likeness (QED) is 0.0720. The van der Waals surface area contributed by atoms with Gasteiger partial charge in [0.05, 0.1) is 18.1 Å². The Balaban J connectivity index is 1.42. The number of amides is 3. The number of nitrogens with two attached hydrogens (primary N) is 1. The van der Waals surface area contributed by atoms with E-state index in [9.17, 15) is 44.1 Å². The molecule has 312 valence electrons. The molecular weight excluding hydrogens is 732 g/mol. The lowest BCUT2D eigenvalue weighted by Crippen LogP contribution is -2.56. The number of carbonyl (C=O) groups is 6. The summed E-state index contributed by atoms with van der Waals surface area (Å²) in [4.78, 5) is 80.4. The first kappa shape index (κ1) is 44.8. The summed E-state index contributed by atoms with van der Waals surface area (Å²) in [7, 11) is 0. The number of rotatable bonds is 25. The van der Waals surface area contributed by atoms with Crippen molar-refractivity contribution in [3.05, 3.63) is 71.8 Å². The van der Waals surface area contributed by atoms with E-state index in [1.165, 1.54) is 9.80 Å². The minimum absolute atomic E-state index is 0.223. The van der Waals surface area contributed by atoms with Gasteiger partial charge in [-0.25, -0.2) is 9.59 Å². The Morgan fingerprint density at radius 2 is 1.07 bits per heavy atom. The molecular formula is C42H60N6O9. The highest BCUT2D eigenvalue weighted by Gasteiger charge is 2.39. The molecule has 15 heteroatoms. The number of unbranched alkanes of at least 4 members (excludes halogenated alkanes) is 2. The second kappa shape index (κ2) is 23.4. The number of carbonyl (C=O) groups excluding carboxylic acids is 3. The average molecular weight is 793 g/mol. The fourth-order valence-corrected chi connectivity index (χ4v) is 7.80. The zero-order valence-electron chi connectivity index (χ0n) is 32.7. The number of benzene rings is 2. The molecule has 0 aromatic heterocycles. The highest BCUT2D eigenvalue weighted by molar-refractivity contribution is 5.89. The number of hydrogen-bond acceptors (Lipinski definition) is 9. The van der Waals surface area contributed by atoms with Crippen LogP contribution in [0, 0.1) is 0 Å². The van der Waals surface area contributed by atoms with Crippen LogP contribution in [0.15, 0.2) is 60.7 Å². The number of carboxylic acids is 3. The molecule has 0 saturated carbocycles. The van der Waals surface area contributed by atoms with Crippen molar-refractivity contribution in [2.75, 3.05) is 26.2 Å². The van der Waals surface area contributed by atoms with E-state index in [2.05, 4.69) is 16.0 Å². The normalized spacial score (nSPS) is 18.8. The van der Waals surface area contributed by atoms with Gasteiger partial charge in [-0.15, -0.1) is 0 Å². The Hall–Kier alpha value is -4.86. The van der Waals surface area contributed by atoms with Gasteiger partial charge < -0.3 is 36.2 Å². The van der Waals surface area contributed by atoms with Crippen LogP contribution in [-0.4, -0.2) is 123 Å². The summed E-state index contributed by atoms with van der Waals surface area (Å²) in [5, 5.41) is 38.9. The van der Waals surface area contributed by atoms with Gasteiger partial charge in [-0.3, -0.25) is 29.8 Å². The van der Waals surface area contributed by atoms with Gasteiger partial charge in [0.1, 0.15) is 18.1 Å². The lowest BCUT2D eigenvalue weighted by Gasteiger charge is -2.30. The van der Waals surface area contributed by atoms with E-state index in [4.69, 9.17) is 5.73 Å². The zero-order valence-corrected chi connectivity index (χ0v) is 32.7. The van der Waals surface area contributed by atoms with Crippen molar-refractivity contribution in [2.45, 2.75) is 126 Å². The van der Waals surface area contributed by atoms with Gasteiger partial charge >= 0.3 is 17.9 Å². The Morgan fingerprint density at radius 1 is 0.614 bits per heavy atom. The third-order valence-electron chi connectivity index (χ3n) is 11.0. The zero-order chi connectivity index (χ0) is 41.2. The SMILES string of the molecule is NCCCC[C@H](N[C@H](CCc1ccccc1)C(=O)NCCCC[C@@H](N[C@@H](CCc1ccccc1)C(=O)O)C(=O)N1CCC[C@@H]1C(=O)O)C(=O)N1CCC[C@@H]1C(=O)O.